The van der Waals surface area contributed by atoms with Crippen molar-refractivity contribution in [3.63, 3.8) is 0 Å². The maximum Gasteiger partial charge on any atom is 0.231 e. The van der Waals surface area contributed by atoms with E-state index in [2.05, 4.69) is 4.90 Å². The molecule has 2 aromatic carbocycles. The first-order chi connectivity index (χ1) is 12.2. The van der Waals surface area contributed by atoms with Gasteiger partial charge in [0.05, 0.1) is 6.04 Å². The molecule has 6 rings (SSSR count). The van der Waals surface area contributed by atoms with Crippen molar-refractivity contribution in [2.45, 2.75) is 18.5 Å². The van der Waals surface area contributed by atoms with E-state index in [1.54, 1.807) is 0 Å². The summed E-state index contributed by atoms with van der Waals surface area (Å²) >= 11 is 0. The molecule has 4 heterocycles. The molecule has 0 fully saturated rings. The van der Waals surface area contributed by atoms with E-state index in [9.17, 15) is 4.79 Å². The zero-order chi connectivity index (χ0) is 16.7. The fraction of sp³-hybridized carbons (Fsp3) is 0.316. The number of likely N-dealkylation sites (N-methyl/N-ethyl adjacent to an activating group) is 1. The van der Waals surface area contributed by atoms with Crippen LogP contribution in [0, 0.1) is 0 Å². The molecule has 2 atom stereocenters. The van der Waals surface area contributed by atoms with Gasteiger partial charge < -0.3 is 18.9 Å². The molecular formula is C19H15NO5. The summed E-state index contributed by atoms with van der Waals surface area (Å²) in [4.78, 5) is 15.4. The van der Waals surface area contributed by atoms with Crippen LogP contribution in [0.25, 0.3) is 0 Å². The van der Waals surface area contributed by atoms with Gasteiger partial charge in [-0.05, 0) is 54.4 Å². The van der Waals surface area contributed by atoms with Gasteiger partial charge in [0.25, 0.3) is 0 Å². The second-order valence-electron chi connectivity index (χ2n) is 6.85. The van der Waals surface area contributed by atoms with Crippen LogP contribution in [0.3, 0.4) is 0 Å². The van der Waals surface area contributed by atoms with Crippen LogP contribution >= 0.6 is 0 Å². The molecule has 126 valence electrons. The Hall–Kier alpha value is -2.73. The Labute approximate surface area is 143 Å². The number of benzene rings is 2. The van der Waals surface area contributed by atoms with Crippen molar-refractivity contribution in [1.29, 1.82) is 0 Å². The van der Waals surface area contributed by atoms with Crippen molar-refractivity contribution in [3.05, 3.63) is 46.5 Å². The van der Waals surface area contributed by atoms with Crippen molar-refractivity contribution in [1.82, 2.24) is 4.90 Å². The number of carbonyl (C=O) groups excluding carboxylic acids is 1. The van der Waals surface area contributed by atoms with Crippen molar-refractivity contribution < 1.29 is 23.7 Å². The standard InChI is InChI=1S/C19H15NO5/c1-20-13-2-9-3-14-15(23-7-22-14)4-10(9)18(20)19(21)12-6-17-16(5-11(12)13)24-8-25-17/h3-6,13,18H,2,7-8H2,1H3. The summed E-state index contributed by atoms with van der Waals surface area (Å²) in [5.41, 5.74) is 3.90. The van der Waals surface area contributed by atoms with E-state index >= 15 is 0 Å². The van der Waals surface area contributed by atoms with E-state index in [0.717, 1.165) is 45.9 Å². The molecule has 6 heteroatoms. The van der Waals surface area contributed by atoms with Crippen molar-refractivity contribution in [2.24, 2.45) is 0 Å². The van der Waals surface area contributed by atoms with E-state index in [1.807, 2.05) is 31.3 Å². The van der Waals surface area contributed by atoms with E-state index < -0.39 is 0 Å². The van der Waals surface area contributed by atoms with Gasteiger partial charge in [-0.3, -0.25) is 9.69 Å². The topological polar surface area (TPSA) is 57.2 Å². The molecule has 25 heavy (non-hydrogen) atoms. The lowest BCUT2D eigenvalue weighted by atomic mass is 9.76. The largest absolute Gasteiger partial charge is 0.454 e. The molecule has 2 aromatic rings. The number of Topliss-reactive ketones (excluding diaryl/α,β-unsaturated/α-hetero) is 1. The predicted octanol–water partition coefficient (Wildman–Crippen LogP) is 2.61. The molecule has 2 bridgehead atoms. The van der Waals surface area contributed by atoms with E-state index in [0.29, 0.717) is 5.75 Å². The van der Waals surface area contributed by atoms with Crippen molar-refractivity contribution in [2.75, 3.05) is 20.6 Å². The van der Waals surface area contributed by atoms with E-state index in [1.165, 1.54) is 0 Å². The Balaban J connectivity index is 1.56. The zero-order valence-corrected chi connectivity index (χ0v) is 13.6. The third-order valence-electron chi connectivity index (χ3n) is 5.66. The molecule has 4 aliphatic heterocycles. The normalized spacial score (nSPS) is 24.9. The lowest BCUT2D eigenvalue weighted by Crippen LogP contribution is -2.44. The van der Waals surface area contributed by atoms with Gasteiger partial charge in [0.2, 0.25) is 13.6 Å². The predicted molar refractivity (Wildman–Crippen MR) is 86.4 cm³/mol. The average Bonchev–Trinajstić information content (AvgIpc) is 3.24. The van der Waals surface area contributed by atoms with E-state index in [-0.39, 0.29) is 31.5 Å². The highest BCUT2D eigenvalue weighted by Gasteiger charge is 2.45. The SMILES string of the molecule is CN1C2Cc3cc4c(cc3C1C(=O)c1cc3c(cc12)OCO3)OCO4. The molecule has 0 spiro atoms. The van der Waals surface area contributed by atoms with Gasteiger partial charge in [0.15, 0.2) is 28.8 Å². The smallest absolute Gasteiger partial charge is 0.231 e. The summed E-state index contributed by atoms with van der Waals surface area (Å²) in [6, 6.07) is 7.60. The fourth-order valence-electron chi connectivity index (χ4n) is 4.43. The molecule has 0 radical (unpaired) electrons. The summed E-state index contributed by atoms with van der Waals surface area (Å²) in [7, 11) is 2.01. The molecule has 4 aliphatic rings. The van der Waals surface area contributed by atoms with Gasteiger partial charge in [-0.25, -0.2) is 0 Å². The lowest BCUT2D eigenvalue weighted by Gasteiger charge is -2.44. The minimum atomic E-state index is -0.309. The summed E-state index contributed by atoms with van der Waals surface area (Å²) in [5.74, 6) is 2.94. The summed E-state index contributed by atoms with van der Waals surface area (Å²) in [5, 5.41) is 0. The molecule has 0 aliphatic carbocycles. The highest BCUT2D eigenvalue weighted by molar-refractivity contribution is 6.04. The number of hydrogen-bond donors (Lipinski definition) is 0. The Kier molecular flexibility index (Phi) is 2.42. The number of carbonyl (C=O) groups is 1. The molecule has 0 N–H and O–H groups in total. The second kappa shape index (κ2) is 4.46. The maximum absolute atomic E-state index is 13.3. The Morgan fingerprint density at radius 3 is 2.20 bits per heavy atom. The number of fused-ring (bicyclic) bond motifs is 8. The zero-order valence-electron chi connectivity index (χ0n) is 13.6. The van der Waals surface area contributed by atoms with Gasteiger partial charge in [-0.1, -0.05) is 0 Å². The molecule has 0 saturated carbocycles. The fourth-order valence-corrected chi connectivity index (χ4v) is 4.43. The maximum atomic E-state index is 13.3. The first-order valence-corrected chi connectivity index (χ1v) is 8.33. The molecule has 0 amide bonds. The van der Waals surface area contributed by atoms with Crippen LogP contribution in [0.15, 0.2) is 24.3 Å². The van der Waals surface area contributed by atoms with Gasteiger partial charge in [0, 0.05) is 11.6 Å². The Morgan fingerprint density at radius 1 is 0.880 bits per heavy atom. The van der Waals surface area contributed by atoms with Crippen LogP contribution in [-0.4, -0.2) is 31.3 Å². The minimum absolute atomic E-state index is 0.0897. The number of nitrogens with zero attached hydrogens (tertiary/aromatic N) is 1. The monoisotopic (exact) mass is 337 g/mol. The number of ether oxygens (including phenoxy) is 4. The third-order valence-corrected chi connectivity index (χ3v) is 5.66. The molecule has 0 aromatic heterocycles. The van der Waals surface area contributed by atoms with Crippen LogP contribution < -0.4 is 18.9 Å². The van der Waals surface area contributed by atoms with Crippen LogP contribution in [0.4, 0.5) is 0 Å². The van der Waals surface area contributed by atoms with Crippen LogP contribution in [0.1, 0.15) is 39.1 Å². The Morgan fingerprint density at radius 2 is 1.48 bits per heavy atom. The van der Waals surface area contributed by atoms with Crippen LogP contribution in [-0.2, 0) is 6.42 Å². The molecule has 2 unspecified atom stereocenters. The van der Waals surface area contributed by atoms with Gasteiger partial charge in [-0.2, -0.15) is 0 Å². The Bertz CT molecular complexity index is 953. The van der Waals surface area contributed by atoms with Gasteiger partial charge in [0.1, 0.15) is 0 Å². The van der Waals surface area contributed by atoms with E-state index in [4.69, 9.17) is 18.9 Å². The summed E-state index contributed by atoms with van der Waals surface area (Å²) < 4.78 is 22.0. The van der Waals surface area contributed by atoms with Gasteiger partial charge >= 0.3 is 0 Å². The van der Waals surface area contributed by atoms with Crippen LogP contribution in [0.2, 0.25) is 0 Å². The molecular weight excluding hydrogens is 322 g/mol. The quantitative estimate of drug-likeness (QED) is 0.737. The van der Waals surface area contributed by atoms with Crippen LogP contribution in [0.5, 0.6) is 23.0 Å². The number of rotatable bonds is 0. The summed E-state index contributed by atoms with van der Waals surface area (Å²) in [6.07, 6.45) is 0.818. The first-order valence-electron chi connectivity index (χ1n) is 8.33. The average molecular weight is 337 g/mol. The summed E-state index contributed by atoms with van der Waals surface area (Å²) in [6.45, 7) is 0.440. The molecule has 6 nitrogen and oxygen atoms in total. The molecule has 0 saturated heterocycles. The van der Waals surface area contributed by atoms with Crippen molar-refractivity contribution >= 4 is 5.78 Å². The lowest BCUT2D eigenvalue weighted by molar-refractivity contribution is 0.0706. The number of hydrogen-bond acceptors (Lipinski definition) is 6. The van der Waals surface area contributed by atoms with Gasteiger partial charge in [-0.15, -0.1) is 0 Å². The highest BCUT2D eigenvalue weighted by Crippen LogP contribution is 2.51. The first kappa shape index (κ1) is 13.5. The highest BCUT2D eigenvalue weighted by atomic mass is 16.7. The third kappa shape index (κ3) is 1.65. The minimum Gasteiger partial charge on any atom is -0.454 e. The van der Waals surface area contributed by atoms with Crippen molar-refractivity contribution in [3.8, 4) is 23.0 Å². The second-order valence-corrected chi connectivity index (χ2v) is 6.85. The number of ketones is 1.